The van der Waals surface area contributed by atoms with Gasteiger partial charge in [-0.2, -0.15) is 5.10 Å². The Kier molecular flexibility index (Phi) is 8.84. The van der Waals surface area contributed by atoms with E-state index in [1.54, 1.807) is 25.3 Å². The molecule has 3 rings (SSSR count). The fourth-order valence-electron chi connectivity index (χ4n) is 2.64. The van der Waals surface area contributed by atoms with Crippen LogP contribution in [0.15, 0.2) is 46.0 Å². The summed E-state index contributed by atoms with van der Waals surface area (Å²) in [6.45, 7) is 0.629. The molecule has 3 aromatic rings. The van der Waals surface area contributed by atoms with E-state index in [1.807, 2.05) is 18.2 Å². The predicted octanol–water partition coefficient (Wildman–Crippen LogP) is 3.05. The number of carbonyl (C=O) groups is 1. The van der Waals surface area contributed by atoms with E-state index >= 15 is 0 Å². The monoisotopic (exact) mass is 535 g/mol. The van der Waals surface area contributed by atoms with Crippen molar-refractivity contribution in [3.63, 3.8) is 0 Å². The molecule has 1 amide bonds. The van der Waals surface area contributed by atoms with Gasteiger partial charge in [-0.05, 0) is 45.8 Å². The first kappa shape index (κ1) is 24.3. The maximum absolute atomic E-state index is 11.9. The number of benzene rings is 2. The fraction of sp³-hybridized carbons (Fsp3) is 0.238. The Balaban J connectivity index is 1.53. The molecule has 3 N–H and O–H groups in total. The van der Waals surface area contributed by atoms with Crippen molar-refractivity contribution >= 4 is 44.5 Å². The van der Waals surface area contributed by atoms with Gasteiger partial charge in [-0.3, -0.25) is 4.79 Å². The summed E-state index contributed by atoms with van der Waals surface area (Å²) < 4.78 is 22.8. The first-order valence-electron chi connectivity index (χ1n) is 9.65. The topological polar surface area (TPSA) is 130 Å². The molecule has 0 atom stereocenters. The molecule has 1 heterocycles. The minimum atomic E-state index is -0.329. The second-order valence-electron chi connectivity index (χ2n) is 6.41. The molecule has 10 nitrogen and oxygen atoms in total. The summed E-state index contributed by atoms with van der Waals surface area (Å²) in [4.78, 5) is 11.9. The van der Waals surface area contributed by atoms with Gasteiger partial charge < -0.3 is 24.7 Å². The summed E-state index contributed by atoms with van der Waals surface area (Å²) in [6, 6.07) is 10.9. The number of nitrogens with zero attached hydrogens (tertiary/aromatic N) is 3. The molecular weight excluding hydrogens is 514 g/mol. The van der Waals surface area contributed by atoms with Gasteiger partial charge in [0, 0.05) is 6.07 Å². The Morgan fingerprint density at radius 2 is 1.94 bits per heavy atom. The third kappa shape index (κ3) is 7.32. The second kappa shape index (κ2) is 12.0. The van der Waals surface area contributed by atoms with Gasteiger partial charge in [0.1, 0.15) is 29.7 Å². The SMILES string of the molecule is COc1cccc(OCCOc2c(Br)cc(/C=N\NC(=O)Cc3nnc(N)s3)cc2OC)c1. The van der Waals surface area contributed by atoms with E-state index in [2.05, 4.69) is 36.7 Å². The highest BCUT2D eigenvalue weighted by Crippen LogP contribution is 2.36. The molecule has 0 spiro atoms. The maximum atomic E-state index is 11.9. The molecule has 2 aromatic carbocycles. The number of amides is 1. The molecule has 0 unspecified atom stereocenters. The number of halogens is 1. The molecule has 1 aromatic heterocycles. The summed E-state index contributed by atoms with van der Waals surface area (Å²) >= 11 is 4.64. The molecule has 0 aliphatic heterocycles. The van der Waals surface area contributed by atoms with E-state index in [-0.39, 0.29) is 12.3 Å². The zero-order valence-electron chi connectivity index (χ0n) is 17.9. The summed E-state index contributed by atoms with van der Waals surface area (Å²) in [5, 5.41) is 12.3. The number of methoxy groups -OCH3 is 2. The number of nitrogens with two attached hydrogens (primary N) is 1. The lowest BCUT2D eigenvalue weighted by molar-refractivity contribution is -0.120. The van der Waals surface area contributed by atoms with Gasteiger partial charge in [-0.1, -0.05) is 17.4 Å². The van der Waals surface area contributed by atoms with Crippen LogP contribution in [0.3, 0.4) is 0 Å². The number of ether oxygens (including phenoxy) is 4. The second-order valence-corrected chi connectivity index (χ2v) is 8.36. The summed E-state index contributed by atoms with van der Waals surface area (Å²) in [7, 11) is 3.14. The predicted molar refractivity (Wildman–Crippen MR) is 128 cm³/mol. The first-order chi connectivity index (χ1) is 16.0. The number of hydrogen-bond donors (Lipinski definition) is 2. The number of aromatic nitrogens is 2. The largest absolute Gasteiger partial charge is 0.497 e. The Labute approximate surface area is 202 Å². The lowest BCUT2D eigenvalue weighted by Gasteiger charge is -2.14. The van der Waals surface area contributed by atoms with Crippen molar-refractivity contribution in [1.82, 2.24) is 15.6 Å². The zero-order valence-corrected chi connectivity index (χ0v) is 20.3. The molecule has 0 saturated carbocycles. The summed E-state index contributed by atoms with van der Waals surface area (Å²) in [5.41, 5.74) is 8.64. The molecule has 0 aliphatic rings. The number of anilines is 1. The minimum absolute atomic E-state index is 0.0455. The van der Waals surface area contributed by atoms with Gasteiger partial charge in [0.2, 0.25) is 11.0 Å². The van der Waals surface area contributed by atoms with Crippen molar-refractivity contribution in [2.45, 2.75) is 6.42 Å². The van der Waals surface area contributed by atoms with Crippen molar-refractivity contribution in [3.05, 3.63) is 51.4 Å². The van der Waals surface area contributed by atoms with E-state index in [1.165, 1.54) is 13.3 Å². The molecular formula is C21H22BrN5O5S. The molecule has 0 fully saturated rings. The van der Waals surface area contributed by atoms with E-state index in [0.29, 0.717) is 50.6 Å². The van der Waals surface area contributed by atoms with Crippen molar-refractivity contribution < 1.29 is 23.7 Å². The van der Waals surface area contributed by atoms with Crippen molar-refractivity contribution in [3.8, 4) is 23.0 Å². The van der Waals surface area contributed by atoms with Gasteiger partial charge in [0.05, 0.1) is 31.3 Å². The average Bonchev–Trinajstić information content (AvgIpc) is 3.21. The van der Waals surface area contributed by atoms with Crippen molar-refractivity contribution in [2.75, 3.05) is 33.2 Å². The number of nitrogen functional groups attached to an aromatic ring is 1. The Bertz CT molecular complexity index is 1120. The highest BCUT2D eigenvalue weighted by molar-refractivity contribution is 9.10. The highest BCUT2D eigenvalue weighted by Gasteiger charge is 2.12. The molecule has 33 heavy (non-hydrogen) atoms. The van der Waals surface area contributed by atoms with E-state index in [0.717, 1.165) is 17.1 Å². The van der Waals surface area contributed by atoms with Crippen LogP contribution < -0.4 is 30.1 Å². The number of hydrazone groups is 1. The third-order valence-corrected chi connectivity index (χ3v) is 5.43. The zero-order chi connectivity index (χ0) is 23.6. The molecule has 0 aliphatic carbocycles. The summed E-state index contributed by atoms with van der Waals surface area (Å²) in [5.74, 6) is 2.11. The van der Waals surface area contributed by atoms with Crippen LogP contribution in [-0.2, 0) is 11.2 Å². The maximum Gasteiger partial charge on any atom is 0.247 e. The van der Waals surface area contributed by atoms with Gasteiger partial charge in [-0.25, -0.2) is 5.43 Å². The van der Waals surface area contributed by atoms with Crippen LogP contribution in [0, 0.1) is 0 Å². The van der Waals surface area contributed by atoms with Crippen LogP contribution in [0.4, 0.5) is 5.13 Å². The van der Waals surface area contributed by atoms with Crippen LogP contribution in [0.25, 0.3) is 0 Å². The van der Waals surface area contributed by atoms with Crippen molar-refractivity contribution in [2.24, 2.45) is 5.10 Å². The number of nitrogens with one attached hydrogen (secondary N) is 1. The van der Waals surface area contributed by atoms with Crippen LogP contribution in [-0.4, -0.2) is 49.8 Å². The Morgan fingerprint density at radius 3 is 2.67 bits per heavy atom. The standard InChI is InChI=1S/C21H22BrN5O5S/c1-29-14-4-3-5-15(10-14)31-6-7-32-20-16(22)8-13(9-17(20)30-2)12-24-25-18(28)11-19-26-27-21(23)33-19/h3-5,8-10,12H,6-7,11H2,1-2H3,(H2,23,27)(H,25,28)/b24-12-. The quantitative estimate of drug-likeness (QED) is 0.217. The van der Waals surface area contributed by atoms with Crippen LogP contribution >= 0.6 is 27.3 Å². The third-order valence-electron chi connectivity index (χ3n) is 4.09. The minimum Gasteiger partial charge on any atom is -0.497 e. The molecule has 0 bridgehead atoms. The van der Waals surface area contributed by atoms with E-state index in [4.69, 9.17) is 24.7 Å². The molecule has 174 valence electrons. The van der Waals surface area contributed by atoms with Gasteiger partial charge in [-0.15, -0.1) is 10.2 Å². The van der Waals surface area contributed by atoms with Gasteiger partial charge in [0.25, 0.3) is 0 Å². The normalized spacial score (nSPS) is 10.8. The van der Waals surface area contributed by atoms with Crippen molar-refractivity contribution in [1.29, 1.82) is 0 Å². The first-order valence-corrected chi connectivity index (χ1v) is 11.3. The number of carbonyl (C=O) groups excluding carboxylic acids is 1. The van der Waals surface area contributed by atoms with E-state index < -0.39 is 0 Å². The lowest BCUT2D eigenvalue weighted by atomic mass is 10.2. The van der Waals surface area contributed by atoms with E-state index in [9.17, 15) is 4.79 Å². The summed E-state index contributed by atoms with van der Waals surface area (Å²) in [6.07, 6.45) is 1.54. The Hall–Kier alpha value is -3.38. The number of hydrogen-bond acceptors (Lipinski definition) is 10. The molecule has 0 radical (unpaired) electrons. The van der Waals surface area contributed by atoms with Gasteiger partial charge >= 0.3 is 0 Å². The number of rotatable bonds is 11. The highest BCUT2D eigenvalue weighted by atomic mass is 79.9. The molecule has 12 heteroatoms. The van der Waals surface area contributed by atoms with Crippen LogP contribution in [0.5, 0.6) is 23.0 Å². The average molecular weight is 536 g/mol. The smallest absolute Gasteiger partial charge is 0.247 e. The Morgan fingerprint density at radius 1 is 1.15 bits per heavy atom. The van der Waals surface area contributed by atoms with Crippen LogP contribution in [0.2, 0.25) is 0 Å². The van der Waals surface area contributed by atoms with Crippen LogP contribution in [0.1, 0.15) is 10.6 Å². The van der Waals surface area contributed by atoms with Gasteiger partial charge in [0.15, 0.2) is 11.5 Å². The lowest BCUT2D eigenvalue weighted by Crippen LogP contribution is -2.19. The fourth-order valence-corrected chi connectivity index (χ4v) is 3.82. The molecule has 0 saturated heterocycles.